The molecule has 20 heavy (non-hydrogen) atoms. The lowest BCUT2D eigenvalue weighted by atomic mass is 10.2. The van der Waals surface area contributed by atoms with Crippen molar-refractivity contribution >= 4 is 17.6 Å². The number of carbonyl (C=O) groups is 2. The lowest BCUT2D eigenvalue weighted by Gasteiger charge is -2.09. The van der Waals surface area contributed by atoms with E-state index in [0.29, 0.717) is 11.5 Å². The third kappa shape index (κ3) is 3.03. The highest BCUT2D eigenvalue weighted by Crippen LogP contribution is 2.10. The van der Waals surface area contributed by atoms with Crippen LogP contribution in [0.25, 0.3) is 0 Å². The number of carboxylic acid groups (broad SMARTS) is 1. The number of imidazole rings is 1. The fraction of sp³-hybridized carbons (Fsp3) is 0.214. The molecule has 0 aliphatic heterocycles. The van der Waals surface area contributed by atoms with Crippen LogP contribution in [0.2, 0.25) is 0 Å². The van der Waals surface area contributed by atoms with Crippen LogP contribution < -0.4 is 5.32 Å². The Morgan fingerprint density at radius 1 is 1.35 bits per heavy atom. The number of amides is 1. The second kappa shape index (κ2) is 5.56. The first-order valence-electron chi connectivity index (χ1n) is 6.09. The zero-order valence-electron chi connectivity index (χ0n) is 11.3. The number of nitrogens with one attached hydrogen (secondary N) is 1. The van der Waals surface area contributed by atoms with Crippen molar-refractivity contribution in [2.75, 3.05) is 5.32 Å². The van der Waals surface area contributed by atoms with Gasteiger partial charge in [-0.25, -0.2) is 9.78 Å². The number of hydrogen-bond acceptors (Lipinski definition) is 3. The smallest absolute Gasteiger partial charge is 0.354 e. The number of rotatable bonds is 4. The van der Waals surface area contributed by atoms with Gasteiger partial charge >= 0.3 is 5.97 Å². The Kier molecular flexibility index (Phi) is 3.84. The van der Waals surface area contributed by atoms with Crippen molar-refractivity contribution in [1.82, 2.24) is 9.55 Å². The van der Waals surface area contributed by atoms with Gasteiger partial charge in [0.05, 0.1) is 6.20 Å². The van der Waals surface area contributed by atoms with Gasteiger partial charge in [-0.05, 0) is 31.5 Å². The molecule has 6 heteroatoms. The second-order valence-corrected chi connectivity index (χ2v) is 4.50. The van der Waals surface area contributed by atoms with Gasteiger partial charge in [-0.15, -0.1) is 0 Å². The Morgan fingerprint density at radius 2 is 2.10 bits per heavy atom. The van der Waals surface area contributed by atoms with E-state index in [9.17, 15) is 9.59 Å². The van der Waals surface area contributed by atoms with Gasteiger partial charge in [-0.3, -0.25) is 4.79 Å². The van der Waals surface area contributed by atoms with Crippen molar-refractivity contribution in [3.05, 3.63) is 47.5 Å². The highest BCUT2D eigenvalue weighted by molar-refractivity contribution is 5.92. The third-order valence-electron chi connectivity index (χ3n) is 2.88. The van der Waals surface area contributed by atoms with E-state index in [1.54, 1.807) is 13.0 Å². The average molecular weight is 273 g/mol. The number of hydrogen-bond donors (Lipinski definition) is 2. The lowest BCUT2D eigenvalue weighted by Crippen LogP contribution is -2.22. The van der Waals surface area contributed by atoms with Crippen molar-refractivity contribution in [1.29, 1.82) is 0 Å². The molecule has 0 saturated carbocycles. The van der Waals surface area contributed by atoms with Gasteiger partial charge < -0.3 is 15.0 Å². The summed E-state index contributed by atoms with van der Waals surface area (Å²) in [4.78, 5) is 26.9. The molecule has 1 amide bonds. The van der Waals surface area contributed by atoms with Gasteiger partial charge in [0, 0.05) is 5.69 Å². The fourth-order valence-corrected chi connectivity index (χ4v) is 1.91. The summed E-state index contributed by atoms with van der Waals surface area (Å²) in [6.45, 7) is 3.51. The molecule has 0 bridgehead atoms. The number of anilines is 1. The molecule has 0 aliphatic carbocycles. The van der Waals surface area contributed by atoms with Crippen molar-refractivity contribution < 1.29 is 14.7 Å². The number of aromatic carboxylic acids is 1. The van der Waals surface area contributed by atoms with Gasteiger partial charge in [0.2, 0.25) is 5.91 Å². The van der Waals surface area contributed by atoms with Crippen molar-refractivity contribution in [3.8, 4) is 0 Å². The fourth-order valence-electron chi connectivity index (χ4n) is 1.91. The summed E-state index contributed by atoms with van der Waals surface area (Å²) < 4.78 is 1.37. The Labute approximate surface area is 116 Å². The van der Waals surface area contributed by atoms with Crippen molar-refractivity contribution in [3.63, 3.8) is 0 Å². The summed E-state index contributed by atoms with van der Waals surface area (Å²) in [5, 5.41) is 11.8. The number of aryl methyl sites for hydroxylation is 2. The maximum atomic E-state index is 12.0. The normalized spacial score (nSPS) is 10.3. The quantitative estimate of drug-likeness (QED) is 0.890. The van der Waals surface area contributed by atoms with Crippen LogP contribution in [0, 0.1) is 13.8 Å². The van der Waals surface area contributed by atoms with E-state index in [1.807, 2.05) is 25.1 Å². The first kappa shape index (κ1) is 13.8. The van der Waals surface area contributed by atoms with Gasteiger partial charge in [0.25, 0.3) is 0 Å². The van der Waals surface area contributed by atoms with E-state index >= 15 is 0 Å². The molecule has 1 aromatic heterocycles. The van der Waals surface area contributed by atoms with E-state index in [4.69, 9.17) is 5.11 Å². The number of aromatic nitrogens is 2. The van der Waals surface area contributed by atoms with Crippen molar-refractivity contribution in [2.24, 2.45) is 0 Å². The summed E-state index contributed by atoms with van der Waals surface area (Å²) in [5.74, 6) is -0.907. The summed E-state index contributed by atoms with van der Waals surface area (Å²) in [6.07, 6.45) is 1.25. The van der Waals surface area contributed by atoms with Crippen LogP contribution in [0.5, 0.6) is 0 Å². The highest BCUT2D eigenvalue weighted by atomic mass is 16.4. The van der Waals surface area contributed by atoms with E-state index in [1.165, 1.54) is 10.8 Å². The zero-order valence-corrected chi connectivity index (χ0v) is 11.3. The maximum absolute atomic E-state index is 12.0. The Morgan fingerprint density at radius 3 is 2.75 bits per heavy atom. The van der Waals surface area contributed by atoms with Crippen LogP contribution in [0.1, 0.15) is 21.9 Å². The minimum Gasteiger partial charge on any atom is -0.477 e. The summed E-state index contributed by atoms with van der Waals surface area (Å²) >= 11 is 0. The number of nitrogens with zero attached hydrogens (tertiary/aromatic N) is 2. The number of benzene rings is 1. The summed E-state index contributed by atoms with van der Waals surface area (Å²) in [6, 6.07) is 7.40. The molecule has 1 heterocycles. The van der Waals surface area contributed by atoms with Crippen molar-refractivity contribution in [2.45, 2.75) is 20.4 Å². The molecule has 6 nitrogen and oxygen atoms in total. The van der Waals surface area contributed by atoms with E-state index in [2.05, 4.69) is 10.3 Å². The molecule has 2 aromatic rings. The van der Waals surface area contributed by atoms with E-state index in [0.717, 1.165) is 5.56 Å². The average Bonchev–Trinajstić information content (AvgIpc) is 2.71. The van der Waals surface area contributed by atoms with Gasteiger partial charge in [0.1, 0.15) is 18.1 Å². The summed E-state index contributed by atoms with van der Waals surface area (Å²) in [7, 11) is 0. The monoisotopic (exact) mass is 273 g/mol. The highest BCUT2D eigenvalue weighted by Gasteiger charge is 2.15. The molecule has 0 spiro atoms. The van der Waals surface area contributed by atoms with Crippen LogP contribution >= 0.6 is 0 Å². The Bertz CT molecular complexity index is 661. The maximum Gasteiger partial charge on any atom is 0.354 e. The van der Waals surface area contributed by atoms with Gasteiger partial charge in [-0.1, -0.05) is 12.1 Å². The minimum absolute atomic E-state index is 0.00175. The molecule has 0 saturated heterocycles. The Balaban J connectivity index is 2.12. The van der Waals surface area contributed by atoms with Crippen LogP contribution in [0.15, 0.2) is 30.5 Å². The zero-order chi connectivity index (χ0) is 14.7. The topological polar surface area (TPSA) is 84.2 Å². The molecule has 0 unspecified atom stereocenters. The van der Waals surface area contributed by atoms with Crippen LogP contribution in [0.4, 0.5) is 5.69 Å². The molecule has 1 aromatic carbocycles. The minimum atomic E-state index is -1.10. The van der Waals surface area contributed by atoms with Crippen LogP contribution in [-0.4, -0.2) is 26.5 Å². The first-order chi connectivity index (χ1) is 9.47. The Hall–Kier alpha value is -2.63. The molecule has 2 rings (SSSR count). The molecular formula is C14H15N3O3. The SMILES string of the molecule is Cc1cccc(NC(=O)Cn2c(C(=O)O)cnc2C)c1. The molecule has 0 radical (unpaired) electrons. The molecule has 0 aliphatic rings. The molecule has 0 atom stereocenters. The third-order valence-corrected chi connectivity index (χ3v) is 2.88. The first-order valence-corrected chi connectivity index (χ1v) is 6.09. The van der Waals surface area contributed by atoms with E-state index in [-0.39, 0.29) is 18.1 Å². The standard InChI is InChI=1S/C14H15N3O3/c1-9-4-3-5-11(6-9)16-13(18)8-17-10(2)15-7-12(17)14(19)20/h3-7H,8H2,1-2H3,(H,16,18)(H,19,20). The van der Waals surface area contributed by atoms with E-state index < -0.39 is 5.97 Å². The van der Waals surface area contributed by atoms with Crippen LogP contribution in [-0.2, 0) is 11.3 Å². The lowest BCUT2D eigenvalue weighted by molar-refractivity contribution is -0.116. The number of carbonyl (C=O) groups excluding carboxylic acids is 1. The summed E-state index contributed by atoms with van der Waals surface area (Å²) in [5.41, 5.74) is 1.72. The predicted octanol–water partition coefficient (Wildman–Crippen LogP) is 1.84. The van der Waals surface area contributed by atoms with Gasteiger partial charge in [-0.2, -0.15) is 0 Å². The molecule has 104 valence electrons. The second-order valence-electron chi connectivity index (χ2n) is 4.50. The molecular weight excluding hydrogens is 258 g/mol. The van der Waals surface area contributed by atoms with Crippen LogP contribution in [0.3, 0.4) is 0 Å². The molecule has 2 N–H and O–H groups in total. The molecule has 0 fully saturated rings. The number of carboxylic acids is 1. The largest absolute Gasteiger partial charge is 0.477 e. The predicted molar refractivity (Wildman–Crippen MR) is 73.7 cm³/mol. The van der Waals surface area contributed by atoms with Gasteiger partial charge in [0.15, 0.2) is 0 Å².